The van der Waals surface area contributed by atoms with Crippen LogP contribution in [0.2, 0.25) is 5.02 Å². The van der Waals surface area contributed by atoms with Gasteiger partial charge in [0.25, 0.3) is 5.91 Å². The molecule has 156 valence electrons. The number of carbonyl (C=O) groups excluding carboxylic acids is 1. The summed E-state index contributed by atoms with van der Waals surface area (Å²) in [7, 11) is 1.61. The number of ether oxygens (including phenoxy) is 2. The molecular weight excluding hydrogens is 414 g/mol. The van der Waals surface area contributed by atoms with E-state index in [0.29, 0.717) is 28.0 Å². The smallest absolute Gasteiger partial charge is 0.263 e. The Hall–Kier alpha value is -3.77. The number of nitrogens with one attached hydrogen (secondary N) is 1. The zero-order valence-electron chi connectivity index (χ0n) is 16.8. The van der Waals surface area contributed by atoms with Crippen LogP contribution in [0.5, 0.6) is 11.5 Å². The summed E-state index contributed by atoms with van der Waals surface area (Å²) in [5.41, 5.74) is 2.32. The molecule has 7 heteroatoms. The van der Waals surface area contributed by atoms with E-state index in [1.165, 1.54) is 0 Å². The van der Waals surface area contributed by atoms with E-state index in [1.54, 1.807) is 36.1 Å². The SMILES string of the molecule is COc1ccccc1-c1cc(NC(=O)COc2ccc(Cl)cc2)n(-c2ccccc2)n1. The summed E-state index contributed by atoms with van der Waals surface area (Å²) in [4.78, 5) is 12.6. The molecule has 4 rings (SSSR count). The van der Waals surface area contributed by atoms with Gasteiger partial charge in [0.1, 0.15) is 17.3 Å². The Morgan fingerprint density at radius 1 is 1.00 bits per heavy atom. The summed E-state index contributed by atoms with van der Waals surface area (Å²) in [5, 5.41) is 8.20. The number of hydrogen-bond donors (Lipinski definition) is 1. The van der Waals surface area contributed by atoms with Crippen molar-refractivity contribution < 1.29 is 14.3 Å². The van der Waals surface area contributed by atoms with Gasteiger partial charge in [-0.15, -0.1) is 0 Å². The molecule has 0 atom stereocenters. The van der Waals surface area contributed by atoms with Crippen molar-refractivity contribution in [1.29, 1.82) is 0 Å². The Morgan fingerprint density at radius 3 is 2.45 bits per heavy atom. The molecule has 3 aromatic carbocycles. The summed E-state index contributed by atoms with van der Waals surface area (Å²) in [6.45, 7) is -0.147. The van der Waals surface area contributed by atoms with Gasteiger partial charge < -0.3 is 14.8 Å². The molecule has 1 aromatic heterocycles. The highest BCUT2D eigenvalue weighted by Crippen LogP contribution is 2.31. The van der Waals surface area contributed by atoms with Crippen LogP contribution in [-0.2, 0) is 4.79 Å². The van der Waals surface area contributed by atoms with Crippen LogP contribution in [0.25, 0.3) is 16.9 Å². The van der Waals surface area contributed by atoms with E-state index >= 15 is 0 Å². The molecule has 4 aromatic rings. The molecule has 0 bridgehead atoms. The lowest BCUT2D eigenvalue weighted by molar-refractivity contribution is -0.118. The topological polar surface area (TPSA) is 65.4 Å². The molecule has 1 amide bonds. The molecule has 1 N–H and O–H groups in total. The second-order valence-corrected chi connectivity index (χ2v) is 7.09. The maximum Gasteiger partial charge on any atom is 0.263 e. The van der Waals surface area contributed by atoms with Gasteiger partial charge in [0.15, 0.2) is 6.61 Å². The van der Waals surface area contributed by atoms with Crippen molar-refractivity contribution in [1.82, 2.24) is 9.78 Å². The average Bonchev–Trinajstić information content (AvgIpc) is 3.22. The van der Waals surface area contributed by atoms with Gasteiger partial charge in [-0.2, -0.15) is 5.10 Å². The number of methoxy groups -OCH3 is 1. The fraction of sp³-hybridized carbons (Fsp3) is 0.0833. The highest BCUT2D eigenvalue weighted by molar-refractivity contribution is 6.30. The minimum absolute atomic E-state index is 0.147. The van der Waals surface area contributed by atoms with E-state index in [9.17, 15) is 4.79 Å². The van der Waals surface area contributed by atoms with Crippen molar-refractivity contribution >= 4 is 23.3 Å². The van der Waals surface area contributed by atoms with Crippen molar-refractivity contribution in [2.45, 2.75) is 0 Å². The van der Waals surface area contributed by atoms with Gasteiger partial charge in [0.05, 0.1) is 18.5 Å². The van der Waals surface area contributed by atoms with Gasteiger partial charge in [-0.1, -0.05) is 41.9 Å². The molecule has 0 aliphatic rings. The summed E-state index contributed by atoms with van der Waals surface area (Å²) < 4.78 is 12.7. The van der Waals surface area contributed by atoms with Gasteiger partial charge in [0, 0.05) is 16.7 Å². The number of rotatable bonds is 7. The zero-order valence-corrected chi connectivity index (χ0v) is 17.5. The number of amides is 1. The molecule has 31 heavy (non-hydrogen) atoms. The maximum atomic E-state index is 12.6. The number of halogens is 1. The van der Waals surface area contributed by atoms with Crippen molar-refractivity contribution in [3.05, 3.63) is 90.0 Å². The predicted octanol–water partition coefficient (Wildman–Crippen LogP) is 5.22. The maximum absolute atomic E-state index is 12.6. The zero-order chi connectivity index (χ0) is 21.6. The quantitative estimate of drug-likeness (QED) is 0.434. The number of para-hydroxylation sites is 2. The van der Waals surface area contributed by atoms with Crippen LogP contribution < -0.4 is 14.8 Å². The standard InChI is InChI=1S/C24H20ClN3O3/c1-30-22-10-6-5-9-20(22)21-15-23(28(27-21)18-7-3-2-4-8-18)26-24(29)16-31-19-13-11-17(25)12-14-19/h2-15H,16H2,1H3,(H,26,29). The summed E-state index contributed by atoms with van der Waals surface area (Å²) in [6, 6.07) is 25.8. The lowest BCUT2D eigenvalue weighted by Gasteiger charge is -2.10. The van der Waals surface area contributed by atoms with Crippen molar-refractivity contribution in [2.24, 2.45) is 0 Å². The van der Waals surface area contributed by atoms with Crippen molar-refractivity contribution in [3.8, 4) is 28.4 Å². The number of benzene rings is 3. The second kappa shape index (κ2) is 9.36. The molecular formula is C24H20ClN3O3. The van der Waals surface area contributed by atoms with Crippen LogP contribution in [0.15, 0.2) is 84.9 Å². The largest absolute Gasteiger partial charge is 0.496 e. The molecule has 0 unspecified atom stereocenters. The molecule has 0 fully saturated rings. The van der Waals surface area contributed by atoms with Crippen LogP contribution in [0, 0.1) is 0 Å². The van der Waals surface area contributed by atoms with Gasteiger partial charge in [-0.3, -0.25) is 4.79 Å². The Labute approximate surface area is 185 Å². The fourth-order valence-corrected chi connectivity index (χ4v) is 3.21. The minimum Gasteiger partial charge on any atom is -0.496 e. The third-order valence-electron chi connectivity index (χ3n) is 4.54. The molecule has 0 saturated heterocycles. The third-order valence-corrected chi connectivity index (χ3v) is 4.80. The Bertz CT molecular complexity index is 1170. The number of carbonyl (C=O) groups is 1. The molecule has 0 aliphatic carbocycles. The average molecular weight is 434 g/mol. The first kappa shape index (κ1) is 20.5. The highest BCUT2D eigenvalue weighted by Gasteiger charge is 2.16. The lowest BCUT2D eigenvalue weighted by atomic mass is 10.1. The summed E-state index contributed by atoms with van der Waals surface area (Å²) in [6.07, 6.45) is 0. The van der Waals surface area contributed by atoms with E-state index in [2.05, 4.69) is 5.32 Å². The Balaban J connectivity index is 1.60. The molecule has 0 radical (unpaired) electrons. The number of anilines is 1. The first-order valence-corrected chi connectivity index (χ1v) is 9.99. The third kappa shape index (κ3) is 4.87. The van der Waals surface area contributed by atoms with Crippen LogP contribution in [0.3, 0.4) is 0 Å². The molecule has 1 heterocycles. The first-order chi connectivity index (χ1) is 15.1. The van der Waals surface area contributed by atoms with Gasteiger partial charge >= 0.3 is 0 Å². The first-order valence-electron chi connectivity index (χ1n) is 9.61. The summed E-state index contributed by atoms with van der Waals surface area (Å²) in [5.74, 6) is 1.48. The van der Waals surface area contributed by atoms with Crippen LogP contribution >= 0.6 is 11.6 Å². The van der Waals surface area contributed by atoms with Gasteiger partial charge in [-0.05, 0) is 48.5 Å². The number of aromatic nitrogens is 2. The van der Waals surface area contributed by atoms with E-state index in [1.807, 2.05) is 60.7 Å². The van der Waals surface area contributed by atoms with Crippen molar-refractivity contribution in [3.63, 3.8) is 0 Å². The second-order valence-electron chi connectivity index (χ2n) is 6.65. The van der Waals surface area contributed by atoms with E-state index in [4.69, 9.17) is 26.2 Å². The monoisotopic (exact) mass is 433 g/mol. The number of hydrogen-bond acceptors (Lipinski definition) is 4. The molecule has 0 spiro atoms. The highest BCUT2D eigenvalue weighted by atomic mass is 35.5. The Morgan fingerprint density at radius 2 is 1.71 bits per heavy atom. The Kier molecular flexibility index (Phi) is 6.19. The summed E-state index contributed by atoms with van der Waals surface area (Å²) >= 11 is 5.88. The molecule has 0 saturated carbocycles. The minimum atomic E-state index is -0.307. The van der Waals surface area contributed by atoms with Crippen molar-refractivity contribution in [2.75, 3.05) is 19.0 Å². The van der Waals surface area contributed by atoms with Gasteiger partial charge in [-0.25, -0.2) is 4.68 Å². The van der Waals surface area contributed by atoms with Gasteiger partial charge in [0.2, 0.25) is 0 Å². The fourth-order valence-electron chi connectivity index (χ4n) is 3.08. The van der Waals surface area contributed by atoms with Crippen LogP contribution in [0.4, 0.5) is 5.82 Å². The van der Waals surface area contributed by atoms with E-state index in [0.717, 1.165) is 11.3 Å². The van der Waals surface area contributed by atoms with Crippen LogP contribution in [-0.4, -0.2) is 29.4 Å². The number of nitrogens with zero attached hydrogens (tertiary/aromatic N) is 2. The predicted molar refractivity (Wildman–Crippen MR) is 121 cm³/mol. The normalized spacial score (nSPS) is 10.5. The van der Waals surface area contributed by atoms with E-state index in [-0.39, 0.29) is 12.5 Å². The van der Waals surface area contributed by atoms with E-state index < -0.39 is 0 Å². The molecule has 6 nitrogen and oxygen atoms in total. The molecule has 0 aliphatic heterocycles. The lowest BCUT2D eigenvalue weighted by Crippen LogP contribution is -2.21. The van der Waals surface area contributed by atoms with Crippen LogP contribution in [0.1, 0.15) is 0 Å².